The number of carbonyl (C=O) groups is 1. The minimum absolute atomic E-state index is 0.105. The molecule has 0 fully saturated rings. The fraction of sp³-hybridized carbons (Fsp3) is 0.158. The van der Waals surface area contributed by atoms with Gasteiger partial charge in [0.15, 0.2) is 0 Å². The quantitative estimate of drug-likeness (QED) is 0.707. The van der Waals surface area contributed by atoms with Crippen LogP contribution in [0.4, 0.5) is 11.4 Å². The molecule has 0 saturated carbocycles. The zero-order valence-corrected chi connectivity index (χ0v) is 16.0. The number of nitrogens with zero attached hydrogens (tertiary/aromatic N) is 2. The first-order valence-electron chi connectivity index (χ1n) is 8.25. The molecule has 0 bridgehead atoms. The SMILES string of the molecule is Cc1cccc(NS(=O)(=O)c2cc(NC(=O)c3cnn(C)c3)ccc2C)c1. The van der Waals surface area contributed by atoms with Crippen molar-refractivity contribution in [3.05, 3.63) is 71.5 Å². The van der Waals surface area contributed by atoms with Crippen LogP contribution in [0.1, 0.15) is 21.5 Å². The molecule has 0 atom stereocenters. The lowest BCUT2D eigenvalue weighted by Gasteiger charge is -2.13. The van der Waals surface area contributed by atoms with Crippen molar-refractivity contribution in [3.63, 3.8) is 0 Å². The topological polar surface area (TPSA) is 93.1 Å². The van der Waals surface area contributed by atoms with E-state index in [1.165, 1.54) is 16.9 Å². The lowest BCUT2D eigenvalue weighted by atomic mass is 10.2. The Bertz CT molecular complexity index is 1100. The Morgan fingerprint density at radius 3 is 2.52 bits per heavy atom. The Labute approximate surface area is 158 Å². The van der Waals surface area contributed by atoms with Gasteiger partial charge < -0.3 is 5.32 Å². The van der Waals surface area contributed by atoms with Crippen LogP contribution >= 0.6 is 0 Å². The summed E-state index contributed by atoms with van der Waals surface area (Å²) in [4.78, 5) is 12.4. The van der Waals surface area contributed by atoms with Gasteiger partial charge in [-0.15, -0.1) is 0 Å². The Morgan fingerprint density at radius 1 is 1.07 bits per heavy atom. The van der Waals surface area contributed by atoms with Crippen molar-refractivity contribution in [2.24, 2.45) is 7.05 Å². The molecule has 8 heteroatoms. The van der Waals surface area contributed by atoms with E-state index in [0.717, 1.165) is 5.56 Å². The number of amides is 1. The van der Waals surface area contributed by atoms with Crippen LogP contribution < -0.4 is 10.0 Å². The van der Waals surface area contributed by atoms with E-state index in [0.29, 0.717) is 22.5 Å². The average molecular weight is 384 g/mol. The lowest BCUT2D eigenvalue weighted by Crippen LogP contribution is -2.16. The third kappa shape index (κ3) is 4.35. The van der Waals surface area contributed by atoms with Gasteiger partial charge in [-0.05, 0) is 49.2 Å². The Kier molecular flexibility index (Phi) is 5.00. The number of hydrogen-bond acceptors (Lipinski definition) is 4. The molecule has 0 spiro atoms. The molecule has 2 N–H and O–H groups in total. The number of carbonyl (C=O) groups excluding carboxylic acids is 1. The summed E-state index contributed by atoms with van der Waals surface area (Å²) < 4.78 is 29.7. The van der Waals surface area contributed by atoms with Gasteiger partial charge in [0.05, 0.1) is 16.7 Å². The van der Waals surface area contributed by atoms with Crippen molar-refractivity contribution in [2.75, 3.05) is 10.0 Å². The molecule has 0 radical (unpaired) electrons. The first-order valence-corrected chi connectivity index (χ1v) is 9.73. The number of benzene rings is 2. The number of nitrogens with one attached hydrogen (secondary N) is 2. The molecule has 1 amide bonds. The van der Waals surface area contributed by atoms with Crippen LogP contribution in [0.2, 0.25) is 0 Å². The predicted molar refractivity (Wildman–Crippen MR) is 104 cm³/mol. The Morgan fingerprint density at radius 2 is 1.85 bits per heavy atom. The maximum atomic E-state index is 12.8. The highest BCUT2D eigenvalue weighted by molar-refractivity contribution is 7.92. The predicted octanol–water partition coefficient (Wildman–Crippen LogP) is 3.09. The van der Waals surface area contributed by atoms with Crippen molar-refractivity contribution in [1.82, 2.24) is 9.78 Å². The lowest BCUT2D eigenvalue weighted by molar-refractivity contribution is 0.102. The molecule has 27 heavy (non-hydrogen) atoms. The van der Waals surface area contributed by atoms with Crippen molar-refractivity contribution in [3.8, 4) is 0 Å². The van der Waals surface area contributed by atoms with Crippen LogP contribution in [-0.2, 0) is 17.1 Å². The smallest absolute Gasteiger partial charge is 0.262 e. The van der Waals surface area contributed by atoms with Crippen LogP contribution in [-0.4, -0.2) is 24.1 Å². The van der Waals surface area contributed by atoms with Gasteiger partial charge in [0.25, 0.3) is 15.9 Å². The van der Waals surface area contributed by atoms with Gasteiger partial charge in [-0.2, -0.15) is 5.10 Å². The van der Waals surface area contributed by atoms with Crippen LogP contribution in [0.25, 0.3) is 0 Å². The van der Waals surface area contributed by atoms with Crippen molar-refractivity contribution in [2.45, 2.75) is 18.7 Å². The zero-order chi connectivity index (χ0) is 19.6. The van der Waals surface area contributed by atoms with E-state index >= 15 is 0 Å². The fourth-order valence-electron chi connectivity index (χ4n) is 2.63. The molecule has 0 aliphatic heterocycles. The molecule has 7 nitrogen and oxygen atoms in total. The minimum Gasteiger partial charge on any atom is -0.322 e. The number of sulfonamides is 1. The van der Waals surface area contributed by atoms with E-state index in [1.54, 1.807) is 50.5 Å². The van der Waals surface area contributed by atoms with Gasteiger partial charge in [0.1, 0.15) is 0 Å². The molecule has 2 aromatic carbocycles. The summed E-state index contributed by atoms with van der Waals surface area (Å²) in [5.74, 6) is -0.359. The summed E-state index contributed by atoms with van der Waals surface area (Å²) in [5, 5.41) is 6.65. The van der Waals surface area contributed by atoms with E-state index in [-0.39, 0.29) is 10.8 Å². The molecule has 1 heterocycles. The number of hydrogen-bond donors (Lipinski definition) is 2. The molecule has 0 aliphatic carbocycles. The molecule has 3 aromatic rings. The second-order valence-corrected chi connectivity index (χ2v) is 7.96. The monoisotopic (exact) mass is 384 g/mol. The fourth-order valence-corrected chi connectivity index (χ4v) is 3.95. The van der Waals surface area contributed by atoms with E-state index in [4.69, 9.17) is 0 Å². The molecule has 1 aromatic heterocycles. The zero-order valence-electron chi connectivity index (χ0n) is 15.2. The number of anilines is 2. The van der Waals surface area contributed by atoms with Crippen LogP contribution in [0, 0.1) is 13.8 Å². The molecule has 140 valence electrons. The highest BCUT2D eigenvalue weighted by Crippen LogP contribution is 2.23. The average Bonchev–Trinajstić information content (AvgIpc) is 3.02. The van der Waals surface area contributed by atoms with Gasteiger partial charge in [0, 0.05) is 24.6 Å². The summed E-state index contributed by atoms with van der Waals surface area (Å²) in [6.07, 6.45) is 3.03. The van der Waals surface area contributed by atoms with Crippen LogP contribution in [0.5, 0.6) is 0 Å². The van der Waals surface area contributed by atoms with Crippen LogP contribution in [0.15, 0.2) is 59.8 Å². The standard InChI is InChI=1S/C19H20N4O3S/c1-13-5-4-6-17(9-13)22-27(25,26)18-10-16(8-7-14(18)2)21-19(24)15-11-20-23(3)12-15/h4-12,22H,1-3H3,(H,21,24). The summed E-state index contributed by atoms with van der Waals surface area (Å²) in [6, 6.07) is 11.9. The Hall–Kier alpha value is -3.13. The molecule has 0 unspecified atom stereocenters. The maximum absolute atomic E-state index is 12.8. The van der Waals surface area contributed by atoms with Gasteiger partial charge in [0.2, 0.25) is 0 Å². The third-order valence-corrected chi connectivity index (χ3v) is 5.50. The summed E-state index contributed by atoms with van der Waals surface area (Å²) >= 11 is 0. The van der Waals surface area contributed by atoms with Crippen molar-refractivity contribution < 1.29 is 13.2 Å². The first kappa shape index (κ1) is 18.7. The van der Waals surface area contributed by atoms with E-state index in [1.807, 2.05) is 13.0 Å². The van der Waals surface area contributed by atoms with E-state index in [2.05, 4.69) is 15.1 Å². The number of aryl methyl sites for hydroxylation is 3. The largest absolute Gasteiger partial charge is 0.322 e. The van der Waals surface area contributed by atoms with Gasteiger partial charge >= 0.3 is 0 Å². The molecular formula is C19H20N4O3S. The summed E-state index contributed by atoms with van der Waals surface area (Å²) in [5.41, 5.74) is 2.79. The third-order valence-electron chi connectivity index (χ3n) is 3.97. The minimum atomic E-state index is -3.80. The number of aromatic nitrogens is 2. The normalized spacial score (nSPS) is 11.2. The Balaban J connectivity index is 1.87. The van der Waals surface area contributed by atoms with Gasteiger partial charge in [-0.3, -0.25) is 14.2 Å². The van der Waals surface area contributed by atoms with Gasteiger partial charge in [-0.25, -0.2) is 8.42 Å². The highest BCUT2D eigenvalue weighted by Gasteiger charge is 2.18. The maximum Gasteiger partial charge on any atom is 0.262 e. The molecule has 3 rings (SSSR count). The van der Waals surface area contributed by atoms with E-state index < -0.39 is 10.0 Å². The summed E-state index contributed by atoms with van der Waals surface area (Å²) in [6.45, 7) is 3.59. The molecule has 0 aliphatic rings. The second-order valence-electron chi connectivity index (χ2n) is 6.31. The first-order chi connectivity index (χ1) is 12.7. The molecular weight excluding hydrogens is 364 g/mol. The van der Waals surface area contributed by atoms with Crippen molar-refractivity contribution >= 4 is 27.3 Å². The van der Waals surface area contributed by atoms with E-state index in [9.17, 15) is 13.2 Å². The highest BCUT2D eigenvalue weighted by atomic mass is 32.2. The molecule has 0 saturated heterocycles. The van der Waals surface area contributed by atoms with Crippen molar-refractivity contribution in [1.29, 1.82) is 0 Å². The number of rotatable bonds is 5. The van der Waals surface area contributed by atoms with Gasteiger partial charge in [-0.1, -0.05) is 18.2 Å². The second kappa shape index (κ2) is 7.24. The van der Waals surface area contributed by atoms with Crippen LogP contribution in [0.3, 0.4) is 0 Å². The summed E-state index contributed by atoms with van der Waals surface area (Å²) in [7, 11) is -2.08.